The van der Waals surface area contributed by atoms with Crippen LogP contribution in [0, 0.1) is 23.2 Å². The molecule has 0 aromatic heterocycles. The van der Waals surface area contributed by atoms with Crippen LogP contribution in [0.2, 0.25) is 0 Å². The number of primary amides is 1. The number of nitriles is 1. The summed E-state index contributed by atoms with van der Waals surface area (Å²) in [6.45, 7) is 6.70. The predicted molar refractivity (Wildman–Crippen MR) is 124 cm³/mol. The number of β-amino-alcohol motifs (C(OH)–C–C–N with tert-alkyl or cyclic N) is 1. The molecule has 3 unspecified atom stereocenters. The number of nitrogens with two attached hydrogens (primary N) is 1. The molecule has 11 heteroatoms. The molecule has 182 valence electrons. The Morgan fingerprint density at radius 3 is 2.52 bits per heavy atom. The highest BCUT2D eigenvalue weighted by atomic mass is 32.2. The fourth-order valence-corrected chi connectivity index (χ4v) is 6.04. The molecule has 2 saturated heterocycles. The lowest BCUT2D eigenvalue weighted by molar-refractivity contribution is 0.0169. The number of urea groups is 1. The summed E-state index contributed by atoms with van der Waals surface area (Å²) in [6, 6.07) is 6.10. The van der Waals surface area contributed by atoms with Crippen LogP contribution in [0.3, 0.4) is 0 Å². The van der Waals surface area contributed by atoms with Gasteiger partial charge in [-0.1, -0.05) is 0 Å². The molecule has 1 aromatic carbocycles. The standard InChI is InChI=1S/C22H33N5O5S/c1-3-27(22(24)29)20-8-16(9-23)5-6-21(20)32-15-19(28)14-25-10-17-7-18(11-25)13-26(12-17)33(30,31)4-2/h5-6,8,17-19,28H,3-4,7,10-15H2,1-2H3,(H2,24,29). The molecule has 2 aliphatic rings. The van der Waals surface area contributed by atoms with Gasteiger partial charge in [0.1, 0.15) is 18.5 Å². The third-order valence-corrected chi connectivity index (χ3v) is 8.06. The number of hydrogen-bond acceptors (Lipinski definition) is 7. The van der Waals surface area contributed by atoms with Crippen molar-refractivity contribution in [3.8, 4) is 11.8 Å². The summed E-state index contributed by atoms with van der Waals surface area (Å²) in [5, 5.41) is 19.8. The Kier molecular flexibility index (Phi) is 8.18. The topological polar surface area (TPSA) is 140 Å². The van der Waals surface area contributed by atoms with E-state index in [1.165, 1.54) is 11.0 Å². The summed E-state index contributed by atoms with van der Waals surface area (Å²) in [5.74, 6) is 0.996. The first kappa shape index (κ1) is 25.2. The number of rotatable bonds is 9. The number of benzene rings is 1. The number of sulfonamides is 1. The van der Waals surface area contributed by atoms with E-state index in [9.17, 15) is 23.6 Å². The molecule has 2 fully saturated rings. The van der Waals surface area contributed by atoms with Gasteiger partial charge in [-0.05, 0) is 50.3 Å². The summed E-state index contributed by atoms with van der Waals surface area (Å²) in [5.41, 5.74) is 6.22. The minimum atomic E-state index is -3.18. The first-order chi connectivity index (χ1) is 15.7. The second-order valence-corrected chi connectivity index (χ2v) is 11.0. The van der Waals surface area contributed by atoms with Crippen molar-refractivity contribution in [1.29, 1.82) is 5.26 Å². The predicted octanol–water partition coefficient (Wildman–Crippen LogP) is 0.806. The van der Waals surface area contributed by atoms with Gasteiger partial charge in [-0.3, -0.25) is 9.80 Å². The Balaban J connectivity index is 1.59. The smallest absolute Gasteiger partial charge is 0.319 e. The van der Waals surface area contributed by atoms with Crippen LogP contribution < -0.4 is 15.4 Å². The van der Waals surface area contributed by atoms with Gasteiger partial charge in [0.15, 0.2) is 0 Å². The normalized spacial score (nSPS) is 22.4. The fraction of sp³-hybridized carbons (Fsp3) is 0.636. The molecule has 0 radical (unpaired) electrons. The maximum atomic E-state index is 12.2. The van der Waals surface area contributed by atoms with Gasteiger partial charge in [-0.2, -0.15) is 5.26 Å². The molecule has 10 nitrogen and oxygen atoms in total. The van der Waals surface area contributed by atoms with E-state index >= 15 is 0 Å². The summed E-state index contributed by atoms with van der Waals surface area (Å²) < 4.78 is 31.9. The minimum Gasteiger partial charge on any atom is -0.489 e. The average molecular weight is 480 g/mol. The Morgan fingerprint density at radius 1 is 1.30 bits per heavy atom. The van der Waals surface area contributed by atoms with Crippen molar-refractivity contribution in [2.24, 2.45) is 17.6 Å². The number of anilines is 1. The van der Waals surface area contributed by atoms with Crippen molar-refractivity contribution >= 4 is 21.7 Å². The number of carbonyl (C=O) groups excluding carboxylic acids is 1. The third-order valence-electron chi connectivity index (χ3n) is 6.24. The lowest BCUT2D eigenvalue weighted by atomic mass is 9.85. The molecule has 2 aliphatic heterocycles. The highest BCUT2D eigenvalue weighted by Gasteiger charge is 2.38. The summed E-state index contributed by atoms with van der Waals surface area (Å²) in [6.07, 6.45) is 0.236. The molecule has 3 rings (SSSR count). The van der Waals surface area contributed by atoms with Gasteiger partial charge in [-0.25, -0.2) is 17.5 Å². The van der Waals surface area contributed by atoms with E-state index in [4.69, 9.17) is 10.5 Å². The fourth-order valence-electron chi connectivity index (χ4n) is 4.80. The lowest BCUT2D eigenvalue weighted by Gasteiger charge is -2.45. The molecule has 3 atom stereocenters. The van der Waals surface area contributed by atoms with Gasteiger partial charge in [0, 0.05) is 39.3 Å². The quantitative estimate of drug-likeness (QED) is 0.534. The second-order valence-electron chi connectivity index (χ2n) is 8.75. The van der Waals surface area contributed by atoms with Crippen LogP contribution in [0.15, 0.2) is 18.2 Å². The zero-order valence-electron chi connectivity index (χ0n) is 19.2. The molecular formula is C22H33N5O5S. The number of hydrogen-bond donors (Lipinski definition) is 2. The van der Waals surface area contributed by atoms with Crippen LogP contribution in [0.25, 0.3) is 0 Å². The second kappa shape index (κ2) is 10.7. The molecule has 2 amide bonds. The number of amides is 2. The van der Waals surface area contributed by atoms with Gasteiger partial charge in [-0.15, -0.1) is 0 Å². The van der Waals surface area contributed by atoms with E-state index in [-0.39, 0.29) is 24.2 Å². The molecule has 0 saturated carbocycles. The SMILES string of the molecule is CCN(C(N)=O)c1cc(C#N)ccc1OCC(O)CN1CC2CC(C1)CN(S(=O)(=O)CC)C2. The first-order valence-electron chi connectivity index (χ1n) is 11.3. The van der Waals surface area contributed by atoms with Gasteiger partial charge >= 0.3 is 6.03 Å². The van der Waals surface area contributed by atoms with Crippen LogP contribution >= 0.6 is 0 Å². The van der Waals surface area contributed by atoms with E-state index in [1.54, 1.807) is 30.3 Å². The summed E-state index contributed by atoms with van der Waals surface area (Å²) in [7, 11) is -3.18. The Labute approximate surface area is 195 Å². The molecule has 0 spiro atoms. The Morgan fingerprint density at radius 2 is 1.97 bits per heavy atom. The number of carbonyl (C=O) groups is 1. The number of ether oxygens (including phenoxy) is 1. The number of piperidine rings is 2. The van der Waals surface area contributed by atoms with Crippen LogP contribution in [-0.4, -0.2) is 86.5 Å². The van der Waals surface area contributed by atoms with E-state index in [1.807, 2.05) is 6.07 Å². The molecular weight excluding hydrogens is 446 g/mol. The Hall–Kier alpha value is -2.39. The van der Waals surface area contributed by atoms with Crippen molar-refractivity contribution < 1.29 is 23.1 Å². The largest absolute Gasteiger partial charge is 0.489 e. The molecule has 2 bridgehead atoms. The summed E-state index contributed by atoms with van der Waals surface area (Å²) in [4.78, 5) is 15.3. The van der Waals surface area contributed by atoms with Gasteiger partial charge in [0.2, 0.25) is 10.0 Å². The van der Waals surface area contributed by atoms with Gasteiger partial charge in [0.05, 0.1) is 23.1 Å². The third kappa shape index (κ3) is 6.14. The van der Waals surface area contributed by atoms with E-state index in [0.29, 0.717) is 43.2 Å². The van der Waals surface area contributed by atoms with Crippen LogP contribution in [0.4, 0.5) is 10.5 Å². The number of nitrogens with zero attached hydrogens (tertiary/aromatic N) is 4. The highest BCUT2D eigenvalue weighted by Crippen LogP contribution is 2.31. The van der Waals surface area contributed by atoms with Crippen molar-refractivity contribution in [2.45, 2.75) is 26.4 Å². The summed E-state index contributed by atoms with van der Waals surface area (Å²) >= 11 is 0. The molecule has 33 heavy (non-hydrogen) atoms. The zero-order chi connectivity index (χ0) is 24.2. The van der Waals surface area contributed by atoms with E-state index in [2.05, 4.69) is 4.90 Å². The van der Waals surface area contributed by atoms with Crippen LogP contribution in [0.1, 0.15) is 25.8 Å². The minimum absolute atomic E-state index is 0.0113. The maximum absolute atomic E-state index is 12.2. The number of aliphatic hydroxyl groups excluding tert-OH is 1. The van der Waals surface area contributed by atoms with Crippen molar-refractivity contribution in [1.82, 2.24) is 9.21 Å². The van der Waals surface area contributed by atoms with Crippen molar-refractivity contribution in [3.63, 3.8) is 0 Å². The van der Waals surface area contributed by atoms with Crippen molar-refractivity contribution in [3.05, 3.63) is 23.8 Å². The molecule has 1 aromatic rings. The van der Waals surface area contributed by atoms with Gasteiger partial charge < -0.3 is 15.6 Å². The Bertz CT molecular complexity index is 981. The number of likely N-dealkylation sites (tertiary alicyclic amines) is 1. The first-order valence-corrected chi connectivity index (χ1v) is 12.9. The van der Waals surface area contributed by atoms with Crippen molar-refractivity contribution in [2.75, 3.05) is 56.5 Å². The van der Waals surface area contributed by atoms with Crippen LogP contribution in [-0.2, 0) is 10.0 Å². The number of aliphatic hydroxyl groups is 1. The lowest BCUT2D eigenvalue weighted by Crippen LogP contribution is -2.55. The van der Waals surface area contributed by atoms with E-state index in [0.717, 1.165) is 19.5 Å². The monoisotopic (exact) mass is 479 g/mol. The highest BCUT2D eigenvalue weighted by molar-refractivity contribution is 7.89. The molecule has 3 N–H and O–H groups in total. The van der Waals surface area contributed by atoms with E-state index < -0.39 is 22.2 Å². The van der Waals surface area contributed by atoms with Crippen LogP contribution in [0.5, 0.6) is 5.75 Å². The molecule has 2 heterocycles. The van der Waals surface area contributed by atoms with Gasteiger partial charge in [0.25, 0.3) is 0 Å². The molecule has 0 aliphatic carbocycles. The maximum Gasteiger partial charge on any atom is 0.319 e. The average Bonchev–Trinajstić information content (AvgIpc) is 2.77. The number of fused-ring (bicyclic) bond motifs is 2. The zero-order valence-corrected chi connectivity index (χ0v) is 20.0.